The van der Waals surface area contributed by atoms with Crippen molar-refractivity contribution in [2.45, 2.75) is 43.9 Å². The fourth-order valence-electron chi connectivity index (χ4n) is 2.48. The van der Waals surface area contributed by atoms with E-state index in [9.17, 15) is 0 Å². The molecule has 0 aromatic carbocycles. The molecule has 2 fully saturated rings. The van der Waals surface area contributed by atoms with Crippen molar-refractivity contribution in [1.82, 2.24) is 5.32 Å². The normalized spacial score (nSPS) is 37.7. The second-order valence-electron chi connectivity index (χ2n) is 4.43. The Hall–Kier alpha value is -0.340. The van der Waals surface area contributed by atoms with Crippen LogP contribution in [0, 0.1) is 5.92 Å². The number of ether oxygens (including phenoxy) is 1. The summed E-state index contributed by atoms with van der Waals surface area (Å²) in [6.07, 6.45) is 6.26. The molecule has 0 aromatic rings. The molecule has 0 radical (unpaired) electrons. The Kier molecular flexibility index (Phi) is 2.20. The van der Waals surface area contributed by atoms with E-state index in [1.54, 1.807) is 7.11 Å². The van der Waals surface area contributed by atoms with E-state index < -0.39 is 0 Å². The highest BCUT2D eigenvalue weighted by Gasteiger charge is 2.54. The maximum Gasteiger partial charge on any atom is 0.0696 e. The van der Waals surface area contributed by atoms with Gasteiger partial charge in [0.1, 0.15) is 0 Å². The molecule has 1 N–H and O–H groups in total. The molecule has 74 valence electrons. The van der Waals surface area contributed by atoms with Gasteiger partial charge in [0.05, 0.1) is 6.10 Å². The third-order valence-electron chi connectivity index (χ3n) is 3.70. The number of hydrogen-bond donors (Lipinski definition) is 1. The Bertz CT molecular complexity index is 210. The Morgan fingerprint density at radius 2 is 2.31 bits per heavy atom. The first-order valence-corrected chi connectivity index (χ1v) is 5.15. The van der Waals surface area contributed by atoms with Gasteiger partial charge in [-0.25, -0.2) is 0 Å². The molecule has 2 nitrogen and oxygen atoms in total. The van der Waals surface area contributed by atoms with Gasteiger partial charge in [-0.15, -0.1) is 6.58 Å². The zero-order valence-electron chi connectivity index (χ0n) is 8.55. The summed E-state index contributed by atoms with van der Waals surface area (Å²) in [6, 6.07) is 0.524. The summed E-state index contributed by atoms with van der Waals surface area (Å²) in [5, 5.41) is 3.70. The minimum absolute atomic E-state index is 0.322. The van der Waals surface area contributed by atoms with Crippen LogP contribution < -0.4 is 5.32 Å². The Balaban J connectivity index is 2.01. The molecule has 1 aliphatic carbocycles. The highest BCUT2D eigenvalue weighted by atomic mass is 16.5. The van der Waals surface area contributed by atoms with Gasteiger partial charge < -0.3 is 10.1 Å². The number of hydrogen-bond acceptors (Lipinski definition) is 2. The topological polar surface area (TPSA) is 21.3 Å². The second-order valence-corrected chi connectivity index (χ2v) is 4.43. The van der Waals surface area contributed by atoms with E-state index in [1.165, 1.54) is 19.3 Å². The fourth-order valence-corrected chi connectivity index (χ4v) is 2.48. The molecule has 1 unspecified atom stereocenters. The molecule has 2 heteroatoms. The molecule has 1 saturated heterocycles. The number of nitrogens with one attached hydrogen (secondary N) is 1. The highest BCUT2D eigenvalue weighted by molar-refractivity contribution is 5.18. The minimum Gasteiger partial charge on any atom is -0.380 e. The van der Waals surface area contributed by atoms with Crippen molar-refractivity contribution in [2.24, 2.45) is 5.92 Å². The van der Waals surface area contributed by atoms with E-state index >= 15 is 0 Å². The molecule has 0 bridgehead atoms. The van der Waals surface area contributed by atoms with Gasteiger partial charge in [-0.2, -0.15) is 0 Å². The Morgan fingerprint density at radius 3 is 2.69 bits per heavy atom. The molecule has 2 rings (SSSR count). The average molecular weight is 181 g/mol. The third-order valence-corrected chi connectivity index (χ3v) is 3.70. The van der Waals surface area contributed by atoms with Crippen LogP contribution in [0.1, 0.15) is 26.2 Å². The van der Waals surface area contributed by atoms with Gasteiger partial charge in [-0.3, -0.25) is 0 Å². The van der Waals surface area contributed by atoms with Gasteiger partial charge in [0.25, 0.3) is 0 Å². The minimum atomic E-state index is 0.322. The van der Waals surface area contributed by atoms with E-state index in [2.05, 4.69) is 24.9 Å². The smallest absolute Gasteiger partial charge is 0.0696 e. The zero-order valence-corrected chi connectivity index (χ0v) is 8.55. The lowest BCUT2D eigenvalue weighted by Crippen LogP contribution is -2.39. The van der Waals surface area contributed by atoms with Crippen LogP contribution in [0.4, 0.5) is 0 Å². The van der Waals surface area contributed by atoms with E-state index in [-0.39, 0.29) is 0 Å². The Morgan fingerprint density at radius 1 is 1.62 bits per heavy atom. The van der Waals surface area contributed by atoms with Crippen molar-refractivity contribution in [2.75, 3.05) is 7.11 Å². The monoisotopic (exact) mass is 181 g/mol. The predicted molar refractivity (Wildman–Crippen MR) is 53.7 cm³/mol. The van der Waals surface area contributed by atoms with Crippen molar-refractivity contribution in [1.29, 1.82) is 0 Å². The van der Waals surface area contributed by atoms with Gasteiger partial charge in [0.2, 0.25) is 0 Å². The van der Waals surface area contributed by atoms with Gasteiger partial charge in [0, 0.05) is 18.7 Å². The Labute approximate surface area is 80.4 Å². The number of rotatable bonds is 3. The molecule has 2 aliphatic rings. The van der Waals surface area contributed by atoms with Crippen molar-refractivity contribution in [3.8, 4) is 0 Å². The molecule has 1 saturated carbocycles. The van der Waals surface area contributed by atoms with Gasteiger partial charge in [-0.05, 0) is 32.1 Å². The summed E-state index contributed by atoms with van der Waals surface area (Å²) < 4.78 is 5.35. The average Bonchev–Trinajstić information content (AvgIpc) is 2.79. The van der Waals surface area contributed by atoms with Crippen LogP contribution in [0.2, 0.25) is 0 Å². The van der Waals surface area contributed by atoms with Crippen LogP contribution in [0.15, 0.2) is 12.7 Å². The lowest BCUT2D eigenvalue weighted by molar-refractivity contribution is 0.0871. The molecular formula is C11H19NO. The van der Waals surface area contributed by atoms with E-state index in [4.69, 9.17) is 4.74 Å². The first kappa shape index (κ1) is 9.22. The standard InChI is InChI=1S/C11H19NO/c1-4-9-7-10(8(2)13-3)12-11(9)5-6-11/h4,8-10,12H,1,5-7H2,2-3H3/t8-,9-,10?/m1/s1. The summed E-state index contributed by atoms with van der Waals surface area (Å²) >= 11 is 0. The van der Waals surface area contributed by atoms with Crippen molar-refractivity contribution in [3.05, 3.63) is 12.7 Å². The lowest BCUT2D eigenvalue weighted by Gasteiger charge is -2.19. The van der Waals surface area contributed by atoms with E-state index in [0.29, 0.717) is 23.6 Å². The lowest BCUT2D eigenvalue weighted by atomic mass is 9.96. The predicted octanol–water partition coefficient (Wildman–Crippen LogP) is 1.72. The highest BCUT2D eigenvalue weighted by Crippen LogP contribution is 2.49. The number of methoxy groups -OCH3 is 1. The zero-order chi connectivity index (χ0) is 9.47. The molecule has 1 spiro atoms. The van der Waals surface area contributed by atoms with Crippen molar-refractivity contribution >= 4 is 0 Å². The molecular weight excluding hydrogens is 162 g/mol. The van der Waals surface area contributed by atoms with Crippen molar-refractivity contribution < 1.29 is 4.74 Å². The largest absolute Gasteiger partial charge is 0.380 e. The van der Waals surface area contributed by atoms with Crippen LogP contribution in [-0.4, -0.2) is 24.8 Å². The quantitative estimate of drug-likeness (QED) is 0.669. The summed E-state index contributed by atoms with van der Waals surface area (Å²) in [5.74, 6) is 0.662. The maximum absolute atomic E-state index is 5.35. The SMILES string of the molecule is C=C[C@@H]1CC([C@@H](C)OC)NC12CC2. The van der Waals surface area contributed by atoms with Crippen LogP contribution in [0.25, 0.3) is 0 Å². The molecule has 13 heavy (non-hydrogen) atoms. The first-order chi connectivity index (χ1) is 6.22. The van der Waals surface area contributed by atoms with E-state index in [1.807, 2.05) is 0 Å². The maximum atomic E-state index is 5.35. The first-order valence-electron chi connectivity index (χ1n) is 5.15. The molecule has 0 aromatic heterocycles. The van der Waals surface area contributed by atoms with Gasteiger partial charge in [0.15, 0.2) is 0 Å². The van der Waals surface area contributed by atoms with Gasteiger partial charge in [-0.1, -0.05) is 6.08 Å². The summed E-state index contributed by atoms with van der Waals surface area (Å²) in [6.45, 7) is 6.06. The summed E-state index contributed by atoms with van der Waals surface area (Å²) in [5.41, 5.74) is 0.416. The van der Waals surface area contributed by atoms with Crippen molar-refractivity contribution in [3.63, 3.8) is 0 Å². The molecule has 1 heterocycles. The molecule has 3 atom stereocenters. The fraction of sp³-hybridized carbons (Fsp3) is 0.818. The van der Waals surface area contributed by atoms with E-state index in [0.717, 1.165) is 0 Å². The van der Waals surface area contributed by atoms with Crippen LogP contribution in [0.5, 0.6) is 0 Å². The summed E-state index contributed by atoms with van der Waals surface area (Å²) in [7, 11) is 1.78. The molecule has 1 aliphatic heterocycles. The van der Waals surface area contributed by atoms with Crippen LogP contribution in [0.3, 0.4) is 0 Å². The second kappa shape index (κ2) is 3.10. The summed E-state index contributed by atoms with van der Waals surface area (Å²) in [4.78, 5) is 0. The molecule has 0 amide bonds. The third kappa shape index (κ3) is 1.42. The van der Waals surface area contributed by atoms with Crippen LogP contribution in [-0.2, 0) is 4.74 Å². The van der Waals surface area contributed by atoms with Crippen LogP contribution >= 0.6 is 0 Å². The van der Waals surface area contributed by atoms with Gasteiger partial charge >= 0.3 is 0 Å².